The summed E-state index contributed by atoms with van der Waals surface area (Å²) in [6.07, 6.45) is 46.3. The molecule has 0 aromatic rings. The Kier molecular flexibility index (Phi) is 70.0. The number of hydrogen-bond acceptors (Lipinski definition) is 9. The summed E-state index contributed by atoms with van der Waals surface area (Å²) in [7, 11) is 0. The summed E-state index contributed by atoms with van der Waals surface area (Å²) in [4.78, 5) is 0. The molecule has 68 heavy (non-hydrogen) atoms. The predicted octanol–water partition coefficient (Wildman–Crippen LogP) is 14.8. The Balaban J connectivity index is -0.000000458. The van der Waals surface area contributed by atoms with Gasteiger partial charge < -0.3 is 45.5 Å². The van der Waals surface area contributed by atoms with Crippen molar-refractivity contribution in [2.24, 2.45) is 0 Å². The summed E-state index contributed by atoms with van der Waals surface area (Å²) in [5.41, 5.74) is 0. The highest BCUT2D eigenvalue weighted by molar-refractivity contribution is 4.81. The van der Waals surface area contributed by atoms with E-state index in [1.165, 1.54) is 186 Å². The van der Waals surface area contributed by atoms with Gasteiger partial charge in [0.15, 0.2) is 0 Å². The molecule has 0 aromatic carbocycles. The van der Waals surface area contributed by atoms with Crippen LogP contribution in [-0.2, 0) is 14.2 Å². The molecule has 0 aliphatic heterocycles. The molecular weight excluding hydrogens is 847 g/mol. The number of hydrogen-bond donors (Lipinski definition) is 6. The molecule has 0 bridgehead atoms. The van der Waals surface area contributed by atoms with Crippen molar-refractivity contribution in [3.63, 3.8) is 0 Å². The van der Waals surface area contributed by atoms with Crippen molar-refractivity contribution in [1.29, 1.82) is 0 Å². The first kappa shape index (κ1) is 73.9. The molecular formula is C59H127N3O6. The molecule has 3 atom stereocenters. The molecule has 3 unspecified atom stereocenters. The maximum absolute atomic E-state index is 9.73. The van der Waals surface area contributed by atoms with E-state index >= 15 is 0 Å². The molecule has 0 rings (SSSR count). The minimum Gasteiger partial charge on any atom is -0.389 e. The van der Waals surface area contributed by atoms with Crippen molar-refractivity contribution in [2.45, 2.75) is 312 Å². The molecule has 414 valence electrons. The van der Waals surface area contributed by atoms with Gasteiger partial charge in [-0.25, -0.2) is 0 Å². The van der Waals surface area contributed by atoms with E-state index in [1.807, 2.05) is 0 Å². The van der Waals surface area contributed by atoms with Gasteiger partial charge in [0.05, 0.1) is 38.1 Å². The van der Waals surface area contributed by atoms with E-state index in [1.54, 1.807) is 0 Å². The van der Waals surface area contributed by atoms with Crippen LogP contribution >= 0.6 is 0 Å². The maximum atomic E-state index is 9.73. The van der Waals surface area contributed by atoms with Gasteiger partial charge in [0.2, 0.25) is 0 Å². The van der Waals surface area contributed by atoms with Crippen LogP contribution in [0.3, 0.4) is 0 Å². The van der Waals surface area contributed by atoms with E-state index in [9.17, 15) is 15.3 Å². The normalized spacial score (nSPS) is 12.9. The van der Waals surface area contributed by atoms with E-state index in [0.717, 1.165) is 39.1 Å². The molecule has 0 aliphatic carbocycles. The first-order valence-corrected chi connectivity index (χ1v) is 29.1. The SMILES string of the molecule is C.CCCCCCCC/C=C/CCCCCCOCC(O)CNC(C)C.CCCCCCCCCCCCCCCCOCC(O)CNC(C)C.CCCCCCCCOCC(O)CNC(C)C. The Morgan fingerprint density at radius 1 is 0.324 bits per heavy atom. The smallest absolute Gasteiger partial charge is 0.0897 e. The van der Waals surface area contributed by atoms with Crippen LogP contribution in [-0.4, -0.2) is 111 Å². The van der Waals surface area contributed by atoms with E-state index < -0.39 is 0 Å². The number of aliphatic hydroxyl groups excluding tert-OH is 3. The van der Waals surface area contributed by atoms with Crippen LogP contribution in [0.4, 0.5) is 0 Å². The largest absolute Gasteiger partial charge is 0.389 e. The van der Waals surface area contributed by atoms with Gasteiger partial charge in [-0.2, -0.15) is 0 Å². The van der Waals surface area contributed by atoms with Crippen LogP contribution in [0.25, 0.3) is 0 Å². The number of rotatable bonds is 51. The zero-order chi connectivity index (χ0) is 50.1. The fraction of sp³-hybridized carbons (Fsp3) is 0.966. The maximum Gasteiger partial charge on any atom is 0.0897 e. The third-order valence-corrected chi connectivity index (χ3v) is 11.8. The van der Waals surface area contributed by atoms with Gasteiger partial charge in [0.1, 0.15) is 0 Å². The van der Waals surface area contributed by atoms with E-state index in [-0.39, 0.29) is 25.7 Å². The molecule has 0 heterocycles. The minimum atomic E-state index is -0.390. The van der Waals surface area contributed by atoms with Crippen molar-refractivity contribution in [3.05, 3.63) is 12.2 Å². The Hall–Kier alpha value is -0.620. The molecule has 0 aromatic heterocycles. The van der Waals surface area contributed by atoms with E-state index in [4.69, 9.17) is 14.2 Å². The third-order valence-electron chi connectivity index (χ3n) is 11.8. The quantitative estimate of drug-likeness (QED) is 0.0261. The monoisotopic (exact) mass is 974 g/mol. The zero-order valence-corrected chi connectivity index (χ0v) is 46.7. The minimum absolute atomic E-state index is 0. The second-order valence-electron chi connectivity index (χ2n) is 20.5. The third kappa shape index (κ3) is 74.3. The summed E-state index contributed by atoms with van der Waals surface area (Å²) in [6, 6.07) is 1.25. The van der Waals surface area contributed by atoms with Gasteiger partial charge in [0.25, 0.3) is 0 Å². The lowest BCUT2D eigenvalue weighted by Gasteiger charge is -2.14. The predicted molar refractivity (Wildman–Crippen MR) is 301 cm³/mol. The van der Waals surface area contributed by atoms with Gasteiger partial charge in [-0.05, 0) is 44.9 Å². The second kappa shape index (κ2) is 64.4. The molecule has 0 fully saturated rings. The fourth-order valence-corrected chi connectivity index (χ4v) is 7.43. The lowest BCUT2D eigenvalue weighted by Crippen LogP contribution is -2.34. The first-order chi connectivity index (χ1) is 32.5. The van der Waals surface area contributed by atoms with Crippen molar-refractivity contribution in [1.82, 2.24) is 16.0 Å². The Labute approximate surface area is 427 Å². The molecule has 9 nitrogen and oxygen atoms in total. The number of aliphatic hydroxyl groups is 3. The highest BCUT2D eigenvalue weighted by Crippen LogP contribution is 2.13. The summed E-state index contributed by atoms with van der Waals surface area (Å²) in [5.74, 6) is 0. The molecule has 6 N–H and O–H groups in total. The molecule has 0 saturated heterocycles. The fourth-order valence-electron chi connectivity index (χ4n) is 7.43. The molecule has 0 saturated carbocycles. The van der Waals surface area contributed by atoms with Crippen molar-refractivity contribution in [3.8, 4) is 0 Å². The molecule has 9 heteroatoms. The highest BCUT2D eigenvalue weighted by atomic mass is 16.5. The highest BCUT2D eigenvalue weighted by Gasteiger charge is 2.07. The first-order valence-electron chi connectivity index (χ1n) is 29.1. The standard InChI is InChI=1S/C22H47NO2.C22H45NO2.C14H31NO2.CH4/c2*1-4-5-6-7-8-9-10-11-12-13-14-15-16-17-18-25-20-22(24)19-23-21(2)3;1-4-5-6-7-8-9-10-17-12-14(16)11-15-13(2)3;/h21-24H,4-20H2,1-3H3;11-12,21-24H,4-10,13-20H2,1-3H3;13-16H,4-12H2,1-3H3;1H4/b;12-11+;;. The van der Waals surface area contributed by atoms with Crippen molar-refractivity contribution >= 4 is 0 Å². The van der Waals surface area contributed by atoms with Gasteiger partial charge in [-0.3, -0.25) is 0 Å². The average Bonchev–Trinajstić information content (AvgIpc) is 3.30. The van der Waals surface area contributed by atoms with Gasteiger partial charge in [-0.15, -0.1) is 0 Å². The topological polar surface area (TPSA) is 124 Å². The average molecular weight is 975 g/mol. The van der Waals surface area contributed by atoms with Crippen LogP contribution in [0.15, 0.2) is 12.2 Å². The van der Waals surface area contributed by atoms with E-state index in [2.05, 4.69) is 90.4 Å². The summed E-state index contributed by atoms with van der Waals surface area (Å²) in [6.45, 7) is 24.8. The van der Waals surface area contributed by atoms with Gasteiger partial charge >= 0.3 is 0 Å². The summed E-state index contributed by atoms with van der Waals surface area (Å²) >= 11 is 0. The van der Waals surface area contributed by atoms with Crippen LogP contribution in [0.2, 0.25) is 0 Å². The van der Waals surface area contributed by atoms with Crippen LogP contribution in [0.5, 0.6) is 0 Å². The molecule has 0 amide bonds. The second-order valence-corrected chi connectivity index (χ2v) is 20.5. The number of nitrogens with one attached hydrogen (secondary N) is 3. The molecule has 0 radical (unpaired) electrons. The molecule has 0 aliphatic rings. The van der Waals surface area contributed by atoms with E-state index in [0.29, 0.717) is 57.6 Å². The van der Waals surface area contributed by atoms with Crippen molar-refractivity contribution in [2.75, 3.05) is 59.3 Å². The number of allylic oxidation sites excluding steroid dienone is 2. The van der Waals surface area contributed by atoms with Crippen LogP contribution in [0, 0.1) is 0 Å². The van der Waals surface area contributed by atoms with Crippen LogP contribution in [0.1, 0.15) is 275 Å². The Bertz CT molecular complexity index is 895. The lowest BCUT2D eigenvalue weighted by molar-refractivity contribution is 0.0346. The Morgan fingerprint density at radius 3 is 0.750 bits per heavy atom. The summed E-state index contributed by atoms with van der Waals surface area (Å²) in [5, 5.41) is 38.7. The van der Waals surface area contributed by atoms with Gasteiger partial charge in [0, 0.05) is 57.6 Å². The van der Waals surface area contributed by atoms with Crippen molar-refractivity contribution < 1.29 is 29.5 Å². The number of unbranched alkanes of at least 4 members (excludes halogenated alkanes) is 28. The Morgan fingerprint density at radius 2 is 0.529 bits per heavy atom. The number of ether oxygens (including phenoxy) is 3. The van der Waals surface area contributed by atoms with Crippen LogP contribution < -0.4 is 16.0 Å². The zero-order valence-electron chi connectivity index (χ0n) is 46.7. The summed E-state index contributed by atoms with van der Waals surface area (Å²) < 4.78 is 16.5. The lowest BCUT2D eigenvalue weighted by atomic mass is 10.0. The molecule has 0 spiro atoms. The van der Waals surface area contributed by atoms with Gasteiger partial charge in [-0.1, -0.05) is 242 Å².